The quantitative estimate of drug-likeness (QED) is 0.912. The van der Waals surface area contributed by atoms with Crippen LogP contribution in [-0.4, -0.2) is 46.5 Å². The van der Waals surface area contributed by atoms with E-state index in [1.165, 1.54) is 24.3 Å². The topological polar surface area (TPSA) is 45.5 Å². The molecule has 1 N–H and O–H groups in total. The molecule has 4 rings (SSSR count). The van der Waals surface area contributed by atoms with Crippen LogP contribution < -0.4 is 10.2 Å². The van der Waals surface area contributed by atoms with Crippen LogP contribution in [0.4, 0.5) is 5.69 Å². The summed E-state index contributed by atoms with van der Waals surface area (Å²) in [6, 6.07) is 4.32. The lowest BCUT2D eigenvalue weighted by molar-refractivity contribution is 0.589. The van der Waals surface area contributed by atoms with Crippen molar-refractivity contribution < 1.29 is 0 Å². The van der Waals surface area contributed by atoms with Crippen LogP contribution in [0.15, 0.2) is 18.3 Å². The SMILES string of the molecule is c1cn2nc(C3CCCS3)nc2cc1N1CCNCC1. The smallest absolute Gasteiger partial charge is 0.164 e. The number of thioether (sulfide) groups is 1. The van der Waals surface area contributed by atoms with Crippen molar-refractivity contribution in [2.45, 2.75) is 18.1 Å². The van der Waals surface area contributed by atoms with Crippen LogP contribution in [0.2, 0.25) is 0 Å². The highest BCUT2D eigenvalue weighted by atomic mass is 32.2. The zero-order valence-corrected chi connectivity index (χ0v) is 12.3. The number of nitrogens with zero attached hydrogens (tertiary/aromatic N) is 4. The maximum Gasteiger partial charge on any atom is 0.164 e. The van der Waals surface area contributed by atoms with Crippen LogP contribution in [0.5, 0.6) is 0 Å². The molecule has 0 spiro atoms. The maximum atomic E-state index is 4.74. The summed E-state index contributed by atoms with van der Waals surface area (Å²) >= 11 is 1.99. The molecule has 1 unspecified atom stereocenters. The molecule has 0 bridgehead atoms. The van der Waals surface area contributed by atoms with Crippen LogP contribution in [0.3, 0.4) is 0 Å². The van der Waals surface area contributed by atoms with Gasteiger partial charge in [0.15, 0.2) is 11.5 Å². The zero-order chi connectivity index (χ0) is 13.4. The number of aromatic nitrogens is 3. The summed E-state index contributed by atoms with van der Waals surface area (Å²) in [5.41, 5.74) is 2.24. The van der Waals surface area contributed by atoms with Gasteiger partial charge in [0.1, 0.15) is 0 Å². The Kier molecular flexibility index (Phi) is 3.28. The van der Waals surface area contributed by atoms with E-state index in [0.29, 0.717) is 5.25 Å². The molecule has 20 heavy (non-hydrogen) atoms. The van der Waals surface area contributed by atoms with Gasteiger partial charge in [-0.25, -0.2) is 9.50 Å². The van der Waals surface area contributed by atoms with Crippen molar-refractivity contribution >= 4 is 23.1 Å². The van der Waals surface area contributed by atoms with Crippen molar-refractivity contribution in [3.05, 3.63) is 24.2 Å². The minimum absolute atomic E-state index is 0.498. The minimum Gasteiger partial charge on any atom is -0.369 e. The van der Waals surface area contributed by atoms with Gasteiger partial charge in [-0.15, -0.1) is 0 Å². The van der Waals surface area contributed by atoms with E-state index in [1.807, 2.05) is 22.5 Å². The molecule has 0 amide bonds. The van der Waals surface area contributed by atoms with Gasteiger partial charge in [-0.3, -0.25) is 0 Å². The van der Waals surface area contributed by atoms with Gasteiger partial charge in [0.05, 0.1) is 5.25 Å². The van der Waals surface area contributed by atoms with Crippen LogP contribution in [0.1, 0.15) is 23.9 Å². The largest absolute Gasteiger partial charge is 0.369 e. The molecule has 0 aromatic carbocycles. The van der Waals surface area contributed by atoms with Gasteiger partial charge in [0.2, 0.25) is 0 Å². The highest BCUT2D eigenvalue weighted by Gasteiger charge is 2.22. The molecule has 2 fully saturated rings. The van der Waals surface area contributed by atoms with Crippen LogP contribution >= 0.6 is 11.8 Å². The molecule has 0 radical (unpaired) electrons. The van der Waals surface area contributed by atoms with Gasteiger partial charge in [-0.05, 0) is 24.7 Å². The molecule has 2 saturated heterocycles. The summed E-state index contributed by atoms with van der Waals surface area (Å²) in [5.74, 6) is 2.25. The summed E-state index contributed by atoms with van der Waals surface area (Å²) < 4.78 is 1.92. The second-order valence-corrected chi connectivity index (χ2v) is 6.71. The molecule has 2 aromatic rings. The van der Waals surface area contributed by atoms with Gasteiger partial charge in [0.25, 0.3) is 0 Å². The van der Waals surface area contributed by atoms with Crippen LogP contribution in [0.25, 0.3) is 5.65 Å². The molecular formula is C14H19N5S. The highest BCUT2D eigenvalue weighted by Crippen LogP contribution is 2.38. The van der Waals surface area contributed by atoms with Crippen molar-refractivity contribution in [2.75, 3.05) is 36.8 Å². The Morgan fingerprint density at radius 1 is 1.30 bits per heavy atom. The fourth-order valence-electron chi connectivity index (χ4n) is 2.93. The van der Waals surface area contributed by atoms with E-state index in [4.69, 9.17) is 4.98 Å². The predicted octanol–water partition coefficient (Wildman–Crippen LogP) is 1.71. The lowest BCUT2D eigenvalue weighted by atomic mass is 10.2. The molecule has 2 aromatic heterocycles. The number of anilines is 1. The van der Waals surface area contributed by atoms with Crippen LogP contribution in [-0.2, 0) is 0 Å². The number of piperazine rings is 1. The minimum atomic E-state index is 0.498. The van der Waals surface area contributed by atoms with Crippen molar-refractivity contribution in [2.24, 2.45) is 0 Å². The Morgan fingerprint density at radius 2 is 2.20 bits per heavy atom. The third-order valence-electron chi connectivity index (χ3n) is 4.04. The summed E-state index contributed by atoms with van der Waals surface area (Å²) in [4.78, 5) is 7.15. The first-order chi connectivity index (χ1) is 9.90. The molecule has 5 nitrogen and oxygen atoms in total. The first kappa shape index (κ1) is 12.5. The maximum absolute atomic E-state index is 4.74. The lowest BCUT2D eigenvalue weighted by Crippen LogP contribution is -2.43. The van der Waals surface area contributed by atoms with E-state index in [9.17, 15) is 0 Å². The fourth-order valence-corrected chi connectivity index (χ4v) is 4.13. The first-order valence-electron chi connectivity index (χ1n) is 7.34. The zero-order valence-electron chi connectivity index (χ0n) is 11.5. The molecular weight excluding hydrogens is 270 g/mol. The molecule has 2 aliphatic rings. The molecule has 4 heterocycles. The van der Waals surface area contributed by atoms with Gasteiger partial charge < -0.3 is 10.2 Å². The Labute approximate surface area is 122 Å². The number of nitrogens with one attached hydrogen (secondary N) is 1. The molecule has 106 valence electrons. The highest BCUT2D eigenvalue weighted by molar-refractivity contribution is 7.99. The van der Waals surface area contributed by atoms with Gasteiger partial charge in [-0.1, -0.05) is 0 Å². The summed E-state index contributed by atoms with van der Waals surface area (Å²) in [5, 5.41) is 8.52. The van der Waals surface area contributed by atoms with Crippen LogP contribution in [0, 0.1) is 0 Å². The van der Waals surface area contributed by atoms with E-state index in [-0.39, 0.29) is 0 Å². The Morgan fingerprint density at radius 3 is 3.00 bits per heavy atom. The second-order valence-electron chi connectivity index (χ2n) is 5.40. The number of pyridine rings is 1. The molecule has 1 atom stereocenters. The second kappa shape index (κ2) is 5.26. The van der Waals surface area contributed by atoms with Crippen molar-refractivity contribution in [3.8, 4) is 0 Å². The molecule has 6 heteroatoms. The average Bonchev–Trinajstić information content (AvgIpc) is 3.16. The van der Waals surface area contributed by atoms with Crippen molar-refractivity contribution in [3.63, 3.8) is 0 Å². The average molecular weight is 289 g/mol. The first-order valence-corrected chi connectivity index (χ1v) is 8.39. The number of fused-ring (bicyclic) bond motifs is 1. The standard InChI is InChI=1S/C14H19N5S/c1-2-12(20-9-1)14-16-13-10-11(3-6-19(13)17-14)18-7-4-15-5-8-18/h3,6,10,12,15H,1-2,4-5,7-9H2. The Hall–Kier alpha value is -1.27. The third kappa shape index (κ3) is 2.27. The van der Waals surface area contributed by atoms with E-state index >= 15 is 0 Å². The third-order valence-corrected chi connectivity index (χ3v) is 5.41. The van der Waals surface area contributed by atoms with E-state index in [1.54, 1.807) is 0 Å². The van der Waals surface area contributed by atoms with E-state index in [2.05, 4.69) is 27.4 Å². The molecule has 2 aliphatic heterocycles. The molecule has 0 saturated carbocycles. The van der Waals surface area contributed by atoms with E-state index < -0.39 is 0 Å². The van der Waals surface area contributed by atoms with Crippen molar-refractivity contribution in [1.29, 1.82) is 0 Å². The lowest BCUT2D eigenvalue weighted by Gasteiger charge is -2.29. The monoisotopic (exact) mass is 289 g/mol. The van der Waals surface area contributed by atoms with Gasteiger partial charge in [0, 0.05) is 44.1 Å². The van der Waals surface area contributed by atoms with E-state index in [0.717, 1.165) is 37.7 Å². The Balaban J connectivity index is 1.64. The summed E-state index contributed by atoms with van der Waals surface area (Å²) in [7, 11) is 0. The summed E-state index contributed by atoms with van der Waals surface area (Å²) in [6.07, 6.45) is 4.55. The van der Waals surface area contributed by atoms with Gasteiger partial charge >= 0.3 is 0 Å². The normalized spacial score (nSPS) is 23.6. The fraction of sp³-hybridized carbons (Fsp3) is 0.571. The van der Waals surface area contributed by atoms with Gasteiger partial charge in [-0.2, -0.15) is 16.9 Å². The predicted molar refractivity (Wildman–Crippen MR) is 82.5 cm³/mol. The number of hydrogen-bond acceptors (Lipinski definition) is 5. The molecule has 0 aliphatic carbocycles. The summed E-state index contributed by atoms with van der Waals surface area (Å²) in [6.45, 7) is 4.24. The van der Waals surface area contributed by atoms with Crippen molar-refractivity contribution in [1.82, 2.24) is 19.9 Å². The number of rotatable bonds is 2. The number of hydrogen-bond donors (Lipinski definition) is 1. The Bertz CT molecular complexity index is 599.